The topological polar surface area (TPSA) is 16.4 Å². The summed E-state index contributed by atoms with van der Waals surface area (Å²) < 4.78 is 6.69. The molecular formula is C68H45NO. The van der Waals surface area contributed by atoms with Gasteiger partial charge in [0, 0.05) is 33.1 Å². The highest BCUT2D eigenvalue weighted by Crippen LogP contribution is 2.63. The highest BCUT2D eigenvalue weighted by molar-refractivity contribution is 6.16. The van der Waals surface area contributed by atoms with Crippen molar-refractivity contribution >= 4 is 49.8 Å². The summed E-state index contributed by atoms with van der Waals surface area (Å²) in [4.78, 5) is 2.49. The fourth-order valence-corrected chi connectivity index (χ4v) is 13.2. The average Bonchev–Trinajstić information content (AvgIpc) is 4.10. The average molecular weight is 892 g/mol. The smallest absolute Gasteiger partial charge is 0.136 e. The van der Waals surface area contributed by atoms with Gasteiger partial charge in [0.15, 0.2) is 0 Å². The minimum Gasteiger partial charge on any atom is -0.456 e. The molecular weight excluding hydrogens is 847 g/mol. The van der Waals surface area contributed by atoms with Gasteiger partial charge >= 0.3 is 0 Å². The van der Waals surface area contributed by atoms with Crippen LogP contribution in [0.5, 0.6) is 0 Å². The van der Waals surface area contributed by atoms with Gasteiger partial charge in [0.1, 0.15) is 11.2 Å². The molecule has 0 amide bonds. The Bertz CT molecular complexity index is 4100. The molecule has 1 heterocycles. The number of anilines is 3. The number of benzene rings is 11. The molecule has 0 radical (unpaired) electrons. The zero-order chi connectivity index (χ0) is 46.3. The van der Waals surface area contributed by atoms with Crippen LogP contribution >= 0.6 is 0 Å². The lowest BCUT2D eigenvalue weighted by Gasteiger charge is -2.33. The molecule has 12 aromatic rings. The molecule has 3 aliphatic rings. The Labute approximate surface area is 407 Å². The van der Waals surface area contributed by atoms with Crippen molar-refractivity contribution in [3.05, 3.63) is 270 Å². The van der Waals surface area contributed by atoms with E-state index in [-0.39, 0.29) is 5.41 Å². The quantitative estimate of drug-likeness (QED) is 0.171. The van der Waals surface area contributed by atoms with E-state index in [1.54, 1.807) is 0 Å². The minimum absolute atomic E-state index is 0.133. The predicted molar refractivity (Wildman–Crippen MR) is 291 cm³/mol. The molecule has 0 saturated carbocycles. The molecule has 0 unspecified atom stereocenters. The first kappa shape index (κ1) is 39.3. The van der Waals surface area contributed by atoms with Gasteiger partial charge in [-0.3, -0.25) is 0 Å². The SMILES string of the molecule is CC1(C)c2ccccc2-c2cccc(-c3ccc(N(c4ccc5c(c4)C4(c6ccccc6-c6ccccc64)c4ccccc4-5)c4ccccc4-c4cccc5oc6cc7ccccc7cc6c45)cc3)c21. The molecule has 0 N–H and O–H groups in total. The second-order valence-electron chi connectivity index (χ2n) is 19.9. The first-order valence-corrected chi connectivity index (χ1v) is 24.5. The molecule has 1 aromatic heterocycles. The summed E-state index contributed by atoms with van der Waals surface area (Å²) in [7, 11) is 0. The van der Waals surface area contributed by atoms with Gasteiger partial charge in [-0.1, -0.05) is 202 Å². The number of furan rings is 1. The van der Waals surface area contributed by atoms with Gasteiger partial charge in [-0.25, -0.2) is 0 Å². The van der Waals surface area contributed by atoms with E-state index in [1.807, 2.05) is 0 Å². The van der Waals surface area contributed by atoms with Gasteiger partial charge < -0.3 is 9.32 Å². The monoisotopic (exact) mass is 891 g/mol. The van der Waals surface area contributed by atoms with E-state index in [9.17, 15) is 0 Å². The summed E-state index contributed by atoms with van der Waals surface area (Å²) in [6, 6.07) is 88.0. The summed E-state index contributed by atoms with van der Waals surface area (Å²) in [6.45, 7) is 4.75. The second-order valence-corrected chi connectivity index (χ2v) is 19.9. The first-order chi connectivity index (χ1) is 34.5. The Kier molecular flexibility index (Phi) is 8.08. The van der Waals surface area contributed by atoms with Crippen LogP contribution in [-0.2, 0) is 10.8 Å². The van der Waals surface area contributed by atoms with E-state index in [0.29, 0.717) is 0 Å². The zero-order valence-electron chi connectivity index (χ0n) is 38.9. The third-order valence-corrected chi connectivity index (χ3v) is 16.1. The zero-order valence-corrected chi connectivity index (χ0v) is 38.9. The third kappa shape index (κ3) is 5.23. The summed E-state index contributed by atoms with van der Waals surface area (Å²) in [5.41, 5.74) is 25.1. The van der Waals surface area contributed by atoms with Crippen molar-refractivity contribution in [1.82, 2.24) is 0 Å². The number of fused-ring (bicyclic) bond motifs is 17. The van der Waals surface area contributed by atoms with Gasteiger partial charge in [0.05, 0.1) is 11.1 Å². The normalized spacial score (nSPS) is 14.1. The lowest BCUT2D eigenvalue weighted by atomic mass is 9.70. The van der Waals surface area contributed by atoms with E-state index in [2.05, 4.69) is 255 Å². The van der Waals surface area contributed by atoms with Crippen LogP contribution in [0.2, 0.25) is 0 Å². The van der Waals surface area contributed by atoms with Crippen LogP contribution in [0.3, 0.4) is 0 Å². The number of nitrogens with zero attached hydrogens (tertiary/aromatic N) is 1. The summed E-state index contributed by atoms with van der Waals surface area (Å²) >= 11 is 0. The summed E-state index contributed by atoms with van der Waals surface area (Å²) in [5, 5.41) is 4.60. The van der Waals surface area contributed by atoms with Crippen LogP contribution < -0.4 is 4.90 Å². The first-order valence-electron chi connectivity index (χ1n) is 24.5. The van der Waals surface area contributed by atoms with Crippen molar-refractivity contribution in [3.8, 4) is 55.6 Å². The Morgan fingerprint density at radius 3 is 1.53 bits per heavy atom. The van der Waals surface area contributed by atoms with Gasteiger partial charge in [0.2, 0.25) is 0 Å². The van der Waals surface area contributed by atoms with Crippen molar-refractivity contribution in [2.45, 2.75) is 24.7 Å². The molecule has 0 aliphatic heterocycles. The number of hydrogen-bond donors (Lipinski definition) is 0. The van der Waals surface area contributed by atoms with E-state index in [0.717, 1.165) is 50.1 Å². The standard InChI is InChI=1S/C68H45NO/c1-67(2)57-27-10-5-22-51(57)55-26-15-24-47(66(55)67)42-33-35-45(36-34-42)69(62-31-14-9-23-53(62)54-25-16-32-63-65(54)56-39-43-17-3-4-18-44(43)40-64(56)70-63)46-37-38-52-50-21-8-13-30-60(50)68(61(52)41-46)58-28-11-6-19-48(58)49-20-7-12-29-59(49)68/h3-41H,1-2H3. The van der Waals surface area contributed by atoms with Crippen LogP contribution in [0.1, 0.15) is 47.2 Å². The molecule has 2 nitrogen and oxygen atoms in total. The number of hydrogen-bond acceptors (Lipinski definition) is 2. The van der Waals surface area contributed by atoms with Gasteiger partial charge in [-0.15, -0.1) is 0 Å². The number of rotatable bonds is 5. The lowest BCUT2D eigenvalue weighted by Crippen LogP contribution is -2.26. The molecule has 70 heavy (non-hydrogen) atoms. The lowest BCUT2D eigenvalue weighted by molar-refractivity contribution is 0.662. The van der Waals surface area contributed by atoms with Crippen molar-refractivity contribution in [2.24, 2.45) is 0 Å². The highest BCUT2D eigenvalue weighted by atomic mass is 16.3. The van der Waals surface area contributed by atoms with Gasteiger partial charge in [0.25, 0.3) is 0 Å². The second kappa shape index (κ2) is 14.4. The predicted octanol–water partition coefficient (Wildman–Crippen LogP) is 18.2. The molecule has 0 bridgehead atoms. The Morgan fingerprint density at radius 2 is 0.843 bits per heavy atom. The highest BCUT2D eigenvalue weighted by Gasteiger charge is 2.51. The minimum atomic E-state index is -0.480. The maximum absolute atomic E-state index is 6.69. The summed E-state index contributed by atoms with van der Waals surface area (Å²) in [6.07, 6.45) is 0. The van der Waals surface area contributed by atoms with Crippen LogP contribution in [-0.4, -0.2) is 0 Å². The molecule has 328 valence electrons. The third-order valence-electron chi connectivity index (χ3n) is 16.1. The Balaban J connectivity index is 0.969. The maximum atomic E-state index is 6.69. The largest absolute Gasteiger partial charge is 0.456 e. The van der Waals surface area contributed by atoms with E-state index < -0.39 is 5.41 Å². The van der Waals surface area contributed by atoms with Gasteiger partial charge in [-0.05, 0) is 143 Å². The van der Waals surface area contributed by atoms with E-state index in [4.69, 9.17) is 4.42 Å². The van der Waals surface area contributed by atoms with E-state index >= 15 is 0 Å². The van der Waals surface area contributed by atoms with Crippen LogP contribution in [0.15, 0.2) is 241 Å². The Hall–Kier alpha value is -8.72. The van der Waals surface area contributed by atoms with Crippen LogP contribution in [0, 0.1) is 0 Å². The van der Waals surface area contributed by atoms with Crippen molar-refractivity contribution in [2.75, 3.05) is 4.90 Å². The molecule has 2 heteroatoms. The summed E-state index contributed by atoms with van der Waals surface area (Å²) in [5.74, 6) is 0. The number of para-hydroxylation sites is 1. The molecule has 3 aliphatic carbocycles. The molecule has 11 aromatic carbocycles. The van der Waals surface area contributed by atoms with E-state index in [1.165, 1.54) is 88.7 Å². The van der Waals surface area contributed by atoms with Crippen molar-refractivity contribution in [1.29, 1.82) is 0 Å². The molecule has 0 fully saturated rings. The van der Waals surface area contributed by atoms with Crippen LogP contribution in [0.4, 0.5) is 17.1 Å². The molecule has 0 saturated heterocycles. The fraction of sp³-hybridized carbons (Fsp3) is 0.0588. The van der Waals surface area contributed by atoms with Gasteiger partial charge in [-0.2, -0.15) is 0 Å². The van der Waals surface area contributed by atoms with Crippen LogP contribution in [0.25, 0.3) is 88.3 Å². The molecule has 0 atom stereocenters. The van der Waals surface area contributed by atoms with Crippen molar-refractivity contribution in [3.63, 3.8) is 0 Å². The maximum Gasteiger partial charge on any atom is 0.136 e. The Morgan fingerprint density at radius 1 is 0.343 bits per heavy atom. The van der Waals surface area contributed by atoms with Crippen molar-refractivity contribution < 1.29 is 4.42 Å². The molecule has 15 rings (SSSR count). The fourth-order valence-electron chi connectivity index (χ4n) is 13.2. The molecule has 1 spiro atoms.